The van der Waals surface area contributed by atoms with Crippen LogP contribution in [0.15, 0.2) is 40.4 Å². The molecule has 1 N–H and O–H groups in total. The van der Waals surface area contributed by atoms with E-state index in [1.54, 1.807) is 18.2 Å². The van der Waals surface area contributed by atoms with Gasteiger partial charge in [0, 0.05) is 6.07 Å². The van der Waals surface area contributed by atoms with Crippen LogP contribution >= 0.6 is 15.9 Å². The summed E-state index contributed by atoms with van der Waals surface area (Å²) in [5, 5.41) is 2.20. The van der Waals surface area contributed by atoms with Crippen LogP contribution in [0, 0.1) is 0 Å². The van der Waals surface area contributed by atoms with Crippen molar-refractivity contribution < 1.29 is 33.3 Å². The largest absolute Gasteiger partial charge is 0.493 e. The highest BCUT2D eigenvalue weighted by Gasteiger charge is 2.37. The van der Waals surface area contributed by atoms with Crippen LogP contribution in [-0.4, -0.2) is 37.9 Å². The number of ether oxygens (including phenoxy) is 4. The van der Waals surface area contributed by atoms with Gasteiger partial charge in [-0.15, -0.1) is 0 Å². The van der Waals surface area contributed by atoms with Crippen molar-refractivity contribution in [2.45, 2.75) is 20.0 Å². The van der Waals surface area contributed by atoms with Crippen LogP contribution in [-0.2, 0) is 9.59 Å². The molecular formula is C22H19BrN2O7. The first-order valence-electron chi connectivity index (χ1n) is 9.63. The predicted octanol–water partition coefficient (Wildman–Crippen LogP) is 3.64. The van der Waals surface area contributed by atoms with Crippen LogP contribution in [0.25, 0.3) is 6.08 Å². The average molecular weight is 503 g/mol. The highest BCUT2D eigenvalue weighted by molar-refractivity contribution is 9.10. The molecule has 166 valence electrons. The van der Waals surface area contributed by atoms with Crippen molar-refractivity contribution in [2.24, 2.45) is 0 Å². The maximum atomic E-state index is 13.1. The number of imide groups is 2. The lowest BCUT2D eigenvalue weighted by molar-refractivity contribution is -0.122. The molecule has 0 bridgehead atoms. The normalized spacial score (nSPS) is 16.6. The summed E-state index contributed by atoms with van der Waals surface area (Å²) in [6.07, 6.45) is 1.30. The number of urea groups is 1. The Kier molecular flexibility index (Phi) is 5.79. The Bertz CT molecular complexity index is 1160. The minimum Gasteiger partial charge on any atom is -0.493 e. The van der Waals surface area contributed by atoms with Crippen molar-refractivity contribution in [1.29, 1.82) is 0 Å². The van der Waals surface area contributed by atoms with E-state index >= 15 is 0 Å². The number of halogens is 1. The molecule has 4 amide bonds. The molecule has 1 fully saturated rings. The predicted molar refractivity (Wildman–Crippen MR) is 118 cm³/mol. The summed E-state index contributed by atoms with van der Waals surface area (Å²) in [5.41, 5.74) is 0.534. The van der Waals surface area contributed by atoms with E-state index in [-0.39, 0.29) is 24.2 Å². The zero-order chi connectivity index (χ0) is 23.0. The Balaban J connectivity index is 1.71. The second-order valence-corrected chi connectivity index (χ2v) is 8.05. The molecule has 2 heterocycles. The van der Waals surface area contributed by atoms with E-state index in [1.165, 1.54) is 25.3 Å². The number of amides is 4. The molecule has 2 aromatic carbocycles. The highest BCUT2D eigenvalue weighted by Crippen LogP contribution is 2.39. The van der Waals surface area contributed by atoms with Gasteiger partial charge in [-0.3, -0.25) is 14.9 Å². The number of carbonyl (C=O) groups excluding carboxylic acids is 3. The van der Waals surface area contributed by atoms with Crippen molar-refractivity contribution >= 4 is 45.5 Å². The molecule has 4 rings (SSSR count). The molecule has 0 radical (unpaired) electrons. The molecule has 2 aromatic rings. The van der Waals surface area contributed by atoms with E-state index in [2.05, 4.69) is 21.2 Å². The molecule has 0 saturated carbocycles. The Morgan fingerprint density at radius 2 is 1.88 bits per heavy atom. The van der Waals surface area contributed by atoms with E-state index in [9.17, 15) is 14.4 Å². The molecule has 1 saturated heterocycles. The number of methoxy groups -OCH3 is 1. The number of nitrogens with zero attached hydrogens (tertiary/aromatic N) is 1. The summed E-state index contributed by atoms with van der Waals surface area (Å²) < 4.78 is 22.3. The lowest BCUT2D eigenvalue weighted by atomic mass is 10.1. The van der Waals surface area contributed by atoms with Gasteiger partial charge in [-0.2, -0.15) is 0 Å². The van der Waals surface area contributed by atoms with Crippen LogP contribution in [0.1, 0.15) is 19.4 Å². The third-order valence-corrected chi connectivity index (χ3v) is 5.22. The minimum absolute atomic E-state index is 0.0514. The lowest BCUT2D eigenvalue weighted by Crippen LogP contribution is -2.54. The SMILES string of the molecule is COc1cc(/C=C2\C(=O)NC(=O)N(c3ccc4c(c3)OCO4)C2=O)cc(Br)c1OC(C)C. The van der Waals surface area contributed by atoms with Gasteiger partial charge in [0.05, 0.1) is 23.4 Å². The van der Waals surface area contributed by atoms with Crippen molar-refractivity contribution in [3.8, 4) is 23.0 Å². The number of carbonyl (C=O) groups is 3. The third-order valence-electron chi connectivity index (χ3n) is 4.63. The van der Waals surface area contributed by atoms with Crippen LogP contribution in [0.4, 0.5) is 10.5 Å². The average Bonchev–Trinajstić information content (AvgIpc) is 3.20. The van der Waals surface area contributed by atoms with Crippen LogP contribution < -0.4 is 29.2 Å². The van der Waals surface area contributed by atoms with Gasteiger partial charge in [0.25, 0.3) is 11.8 Å². The first-order valence-corrected chi connectivity index (χ1v) is 10.4. The van der Waals surface area contributed by atoms with Crippen LogP contribution in [0.3, 0.4) is 0 Å². The lowest BCUT2D eigenvalue weighted by Gasteiger charge is -2.26. The fourth-order valence-corrected chi connectivity index (χ4v) is 3.81. The molecule has 32 heavy (non-hydrogen) atoms. The standard InChI is InChI=1S/C22H19BrN2O7/c1-11(2)32-19-15(23)7-12(8-18(19)29-3)6-14-20(26)24-22(28)25(21(14)27)13-4-5-16-17(9-13)31-10-30-16/h4-9,11H,10H2,1-3H3,(H,24,26,28)/b14-6+. The van der Waals surface area contributed by atoms with E-state index in [0.717, 1.165) is 4.90 Å². The molecule has 0 aromatic heterocycles. The monoisotopic (exact) mass is 502 g/mol. The fourth-order valence-electron chi connectivity index (χ4n) is 3.26. The third kappa shape index (κ3) is 4.01. The summed E-state index contributed by atoms with van der Waals surface area (Å²) in [6, 6.07) is 7.11. The zero-order valence-electron chi connectivity index (χ0n) is 17.4. The second kappa shape index (κ2) is 8.54. The molecule has 2 aliphatic rings. The number of benzene rings is 2. The summed E-state index contributed by atoms with van der Waals surface area (Å²) in [6.45, 7) is 3.82. The van der Waals surface area contributed by atoms with Gasteiger partial charge in [0.15, 0.2) is 23.0 Å². The summed E-state index contributed by atoms with van der Waals surface area (Å²) in [7, 11) is 1.49. The van der Waals surface area contributed by atoms with Gasteiger partial charge in [-0.05, 0) is 65.7 Å². The molecular weight excluding hydrogens is 484 g/mol. The molecule has 0 spiro atoms. The number of nitrogens with one attached hydrogen (secondary N) is 1. The van der Waals surface area contributed by atoms with Crippen LogP contribution in [0.2, 0.25) is 0 Å². The van der Waals surface area contributed by atoms with E-state index in [0.29, 0.717) is 33.0 Å². The van der Waals surface area contributed by atoms with Crippen molar-refractivity contribution in [3.05, 3.63) is 45.9 Å². The van der Waals surface area contributed by atoms with Gasteiger partial charge in [-0.1, -0.05) is 0 Å². The van der Waals surface area contributed by atoms with Gasteiger partial charge < -0.3 is 18.9 Å². The molecule has 0 unspecified atom stereocenters. The Morgan fingerprint density at radius 3 is 2.59 bits per heavy atom. The fraction of sp³-hybridized carbons (Fsp3) is 0.227. The highest BCUT2D eigenvalue weighted by atomic mass is 79.9. The Hall–Kier alpha value is -3.53. The van der Waals surface area contributed by atoms with E-state index in [1.807, 2.05) is 13.8 Å². The Morgan fingerprint density at radius 1 is 1.12 bits per heavy atom. The number of rotatable bonds is 5. The van der Waals surface area contributed by atoms with Crippen molar-refractivity contribution in [3.63, 3.8) is 0 Å². The van der Waals surface area contributed by atoms with E-state index in [4.69, 9.17) is 18.9 Å². The number of hydrogen-bond acceptors (Lipinski definition) is 7. The molecule has 10 heteroatoms. The minimum atomic E-state index is -0.851. The Labute approximate surface area is 192 Å². The van der Waals surface area contributed by atoms with Gasteiger partial charge in [0.2, 0.25) is 6.79 Å². The zero-order valence-corrected chi connectivity index (χ0v) is 19.0. The van der Waals surface area contributed by atoms with Gasteiger partial charge in [0.1, 0.15) is 5.57 Å². The van der Waals surface area contributed by atoms with Crippen LogP contribution in [0.5, 0.6) is 23.0 Å². The van der Waals surface area contributed by atoms with Crippen molar-refractivity contribution in [1.82, 2.24) is 5.32 Å². The topological polar surface area (TPSA) is 103 Å². The van der Waals surface area contributed by atoms with E-state index < -0.39 is 17.8 Å². The summed E-state index contributed by atoms with van der Waals surface area (Å²) >= 11 is 3.44. The number of hydrogen-bond donors (Lipinski definition) is 1. The number of fused-ring (bicyclic) bond motifs is 1. The quantitative estimate of drug-likeness (QED) is 0.491. The number of anilines is 1. The summed E-state index contributed by atoms with van der Waals surface area (Å²) in [4.78, 5) is 38.9. The molecule has 9 nitrogen and oxygen atoms in total. The maximum Gasteiger partial charge on any atom is 0.335 e. The van der Waals surface area contributed by atoms with Gasteiger partial charge in [-0.25, -0.2) is 9.69 Å². The summed E-state index contributed by atoms with van der Waals surface area (Å²) in [5.74, 6) is 0.268. The molecule has 0 aliphatic carbocycles. The molecule has 2 aliphatic heterocycles. The number of barbiturate groups is 1. The smallest absolute Gasteiger partial charge is 0.335 e. The maximum absolute atomic E-state index is 13.1. The van der Waals surface area contributed by atoms with Gasteiger partial charge >= 0.3 is 6.03 Å². The molecule has 0 atom stereocenters. The first kappa shape index (κ1) is 21.7. The second-order valence-electron chi connectivity index (χ2n) is 7.20. The first-order chi connectivity index (χ1) is 15.3. The van der Waals surface area contributed by atoms with Crippen molar-refractivity contribution in [2.75, 3.05) is 18.8 Å².